The fourth-order valence-corrected chi connectivity index (χ4v) is 2.82. The minimum absolute atomic E-state index is 0.132. The van der Waals surface area contributed by atoms with E-state index in [9.17, 15) is 4.79 Å². The molecule has 0 bridgehead atoms. The van der Waals surface area contributed by atoms with Gasteiger partial charge in [-0.1, -0.05) is 67.4 Å². The van der Waals surface area contributed by atoms with Crippen molar-refractivity contribution in [1.82, 2.24) is 15.5 Å². The number of hydrogen-bond acceptors (Lipinski definition) is 4. The molecule has 2 atom stereocenters. The molecule has 1 amide bonds. The van der Waals surface area contributed by atoms with Crippen molar-refractivity contribution in [3.8, 4) is 11.4 Å². The van der Waals surface area contributed by atoms with Gasteiger partial charge in [-0.15, -0.1) is 0 Å². The molecule has 5 nitrogen and oxygen atoms in total. The summed E-state index contributed by atoms with van der Waals surface area (Å²) in [6.45, 7) is 4.10. The predicted octanol–water partition coefficient (Wildman–Crippen LogP) is 5.31. The average molecular weight is 396 g/mol. The van der Waals surface area contributed by atoms with Gasteiger partial charge in [0.2, 0.25) is 17.6 Å². The van der Waals surface area contributed by atoms with Crippen molar-refractivity contribution in [1.29, 1.82) is 0 Å². The minimum atomic E-state index is -0.369. The summed E-state index contributed by atoms with van der Waals surface area (Å²) in [6, 6.07) is 16.5. The Morgan fingerprint density at radius 1 is 1.18 bits per heavy atom. The Balaban J connectivity index is 1.76. The van der Waals surface area contributed by atoms with E-state index in [-0.39, 0.29) is 17.9 Å². The van der Waals surface area contributed by atoms with Gasteiger partial charge in [-0.25, -0.2) is 0 Å². The van der Waals surface area contributed by atoms with Crippen molar-refractivity contribution >= 4 is 23.6 Å². The SMILES string of the molecule is CC[C@H](C)[C@@H](NC(=O)/C=C/c1ccccc1)c1nc(-c2ccc(Cl)cc2)no1. The highest BCUT2D eigenvalue weighted by molar-refractivity contribution is 6.30. The van der Waals surface area contributed by atoms with Crippen LogP contribution < -0.4 is 5.32 Å². The first-order valence-corrected chi connectivity index (χ1v) is 9.57. The first kappa shape index (κ1) is 19.8. The van der Waals surface area contributed by atoms with E-state index in [0.29, 0.717) is 16.7 Å². The first-order chi connectivity index (χ1) is 13.6. The van der Waals surface area contributed by atoms with Gasteiger partial charge in [-0.2, -0.15) is 4.98 Å². The number of benzene rings is 2. The van der Waals surface area contributed by atoms with Crippen LogP contribution in [0.1, 0.15) is 37.8 Å². The maximum absolute atomic E-state index is 12.4. The second-order valence-electron chi connectivity index (χ2n) is 6.58. The van der Waals surface area contributed by atoms with Crippen LogP contribution in [0.2, 0.25) is 5.02 Å². The Hall–Kier alpha value is -2.92. The average Bonchev–Trinajstić information content (AvgIpc) is 3.21. The number of hydrogen-bond donors (Lipinski definition) is 1. The van der Waals surface area contributed by atoms with E-state index in [4.69, 9.17) is 16.1 Å². The third-order valence-corrected chi connectivity index (χ3v) is 4.80. The molecule has 1 N–H and O–H groups in total. The van der Waals surface area contributed by atoms with Crippen molar-refractivity contribution in [3.63, 3.8) is 0 Å². The Labute approximate surface area is 169 Å². The highest BCUT2D eigenvalue weighted by Gasteiger charge is 2.25. The number of aromatic nitrogens is 2. The van der Waals surface area contributed by atoms with Crippen LogP contribution >= 0.6 is 11.6 Å². The Kier molecular flexibility index (Phi) is 6.61. The zero-order valence-electron chi connectivity index (χ0n) is 15.8. The monoisotopic (exact) mass is 395 g/mol. The summed E-state index contributed by atoms with van der Waals surface area (Å²) in [6.07, 6.45) is 4.14. The van der Waals surface area contributed by atoms with Crippen LogP contribution in [0.15, 0.2) is 65.2 Å². The van der Waals surface area contributed by atoms with Crippen molar-refractivity contribution in [3.05, 3.63) is 77.2 Å². The Morgan fingerprint density at radius 2 is 1.89 bits per heavy atom. The molecule has 3 aromatic rings. The zero-order chi connectivity index (χ0) is 19.9. The second-order valence-corrected chi connectivity index (χ2v) is 7.02. The van der Waals surface area contributed by atoms with Crippen LogP contribution in [0.3, 0.4) is 0 Å². The third-order valence-electron chi connectivity index (χ3n) is 4.55. The van der Waals surface area contributed by atoms with Crippen LogP contribution in [0.5, 0.6) is 0 Å². The summed E-state index contributed by atoms with van der Waals surface area (Å²) in [7, 11) is 0. The summed E-state index contributed by atoms with van der Waals surface area (Å²) in [5, 5.41) is 7.68. The molecule has 0 aliphatic heterocycles. The van der Waals surface area contributed by atoms with Crippen LogP contribution in [-0.2, 0) is 4.79 Å². The number of carbonyl (C=O) groups is 1. The van der Waals surface area contributed by atoms with Crippen LogP contribution in [-0.4, -0.2) is 16.0 Å². The molecule has 0 fully saturated rings. The van der Waals surface area contributed by atoms with Crippen molar-refractivity contribution in [2.24, 2.45) is 5.92 Å². The Morgan fingerprint density at radius 3 is 2.57 bits per heavy atom. The summed E-state index contributed by atoms with van der Waals surface area (Å²) in [5.41, 5.74) is 1.76. The lowest BCUT2D eigenvalue weighted by Gasteiger charge is -2.19. The number of halogens is 1. The largest absolute Gasteiger partial charge is 0.340 e. The molecule has 0 aliphatic carbocycles. The molecule has 0 unspecified atom stereocenters. The maximum atomic E-state index is 12.4. The first-order valence-electron chi connectivity index (χ1n) is 9.20. The standard InChI is InChI=1S/C22H22ClN3O2/c1-3-15(2)20(24-19(27)14-9-16-7-5-4-6-8-16)22-25-21(26-28-22)17-10-12-18(23)13-11-17/h4-15,20H,3H2,1-2H3,(H,24,27)/b14-9+/t15-,20+/m0/s1. The summed E-state index contributed by atoms with van der Waals surface area (Å²) >= 11 is 5.93. The normalized spacial score (nSPS) is 13.4. The van der Waals surface area contributed by atoms with E-state index in [1.54, 1.807) is 18.2 Å². The fourth-order valence-electron chi connectivity index (χ4n) is 2.70. The number of amides is 1. The number of carbonyl (C=O) groups excluding carboxylic acids is 1. The topological polar surface area (TPSA) is 68.0 Å². The molecule has 0 spiro atoms. The summed E-state index contributed by atoms with van der Waals surface area (Å²) in [5.74, 6) is 0.780. The molecule has 6 heteroatoms. The third kappa shape index (κ3) is 5.08. The van der Waals surface area contributed by atoms with E-state index in [0.717, 1.165) is 17.5 Å². The molecule has 28 heavy (non-hydrogen) atoms. The highest BCUT2D eigenvalue weighted by atomic mass is 35.5. The lowest BCUT2D eigenvalue weighted by molar-refractivity contribution is -0.117. The van der Waals surface area contributed by atoms with Gasteiger partial charge in [-0.3, -0.25) is 4.79 Å². The van der Waals surface area contributed by atoms with Gasteiger partial charge < -0.3 is 9.84 Å². The van der Waals surface area contributed by atoms with Crippen molar-refractivity contribution in [2.75, 3.05) is 0 Å². The van der Waals surface area contributed by atoms with Crippen molar-refractivity contribution in [2.45, 2.75) is 26.3 Å². The summed E-state index contributed by atoms with van der Waals surface area (Å²) < 4.78 is 5.47. The molecule has 1 heterocycles. The predicted molar refractivity (Wildman–Crippen MR) is 111 cm³/mol. The fraction of sp³-hybridized carbons (Fsp3) is 0.227. The molecule has 1 aromatic heterocycles. The molecule has 0 aliphatic rings. The Bertz CT molecular complexity index is 936. The highest BCUT2D eigenvalue weighted by Crippen LogP contribution is 2.26. The van der Waals surface area contributed by atoms with Gasteiger partial charge in [0.1, 0.15) is 6.04 Å². The minimum Gasteiger partial charge on any atom is -0.340 e. The van der Waals surface area contributed by atoms with Crippen molar-refractivity contribution < 1.29 is 9.32 Å². The van der Waals surface area contributed by atoms with Gasteiger partial charge in [0, 0.05) is 16.7 Å². The van der Waals surface area contributed by atoms with E-state index in [1.807, 2.05) is 49.4 Å². The lowest BCUT2D eigenvalue weighted by Crippen LogP contribution is -2.31. The zero-order valence-corrected chi connectivity index (χ0v) is 16.6. The molecule has 0 radical (unpaired) electrons. The lowest BCUT2D eigenvalue weighted by atomic mass is 9.99. The van der Waals surface area contributed by atoms with Gasteiger partial charge in [-0.05, 0) is 41.8 Å². The molecular weight excluding hydrogens is 374 g/mol. The number of rotatable bonds is 7. The van der Waals surface area contributed by atoms with Crippen LogP contribution in [0.4, 0.5) is 0 Å². The second kappa shape index (κ2) is 9.33. The van der Waals surface area contributed by atoms with Gasteiger partial charge in [0.15, 0.2) is 0 Å². The quantitative estimate of drug-likeness (QED) is 0.550. The van der Waals surface area contributed by atoms with Crippen LogP contribution in [0.25, 0.3) is 17.5 Å². The summed E-state index contributed by atoms with van der Waals surface area (Å²) in [4.78, 5) is 16.9. The molecule has 144 valence electrons. The van der Waals surface area contributed by atoms with Gasteiger partial charge >= 0.3 is 0 Å². The molecule has 2 aromatic carbocycles. The van der Waals surface area contributed by atoms with Gasteiger partial charge in [0.05, 0.1) is 0 Å². The molecular formula is C22H22ClN3O2. The molecule has 0 saturated carbocycles. The molecule has 3 rings (SSSR count). The smallest absolute Gasteiger partial charge is 0.249 e. The van der Waals surface area contributed by atoms with E-state index < -0.39 is 0 Å². The maximum Gasteiger partial charge on any atom is 0.249 e. The van der Waals surface area contributed by atoms with E-state index >= 15 is 0 Å². The van der Waals surface area contributed by atoms with Gasteiger partial charge in [0.25, 0.3) is 0 Å². The number of nitrogens with zero attached hydrogens (tertiary/aromatic N) is 2. The number of nitrogens with one attached hydrogen (secondary N) is 1. The molecule has 0 saturated heterocycles. The van der Waals surface area contributed by atoms with E-state index in [2.05, 4.69) is 22.4 Å². The van der Waals surface area contributed by atoms with E-state index in [1.165, 1.54) is 6.08 Å². The van der Waals surface area contributed by atoms with Crippen LogP contribution in [0, 0.1) is 5.92 Å².